The molecule has 10 nitrogen and oxygen atoms in total. The molecule has 238 valence electrons. The summed E-state index contributed by atoms with van der Waals surface area (Å²) in [4.78, 5) is 44.2. The molecule has 1 aromatic carbocycles. The number of fused-ring (bicyclic) bond motifs is 3. The van der Waals surface area contributed by atoms with E-state index >= 15 is 0 Å². The zero-order valence-electron chi connectivity index (χ0n) is 26.8. The van der Waals surface area contributed by atoms with Crippen molar-refractivity contribution in [3.63, 3.8) is 0 Å². The molecule has 0 bridgehead atoms. The number of hydrogen-bond acceptors (Lipinski definition) is 7. The van der Waals surface area contributed by atoms with Crippen LogP contribution in [0.5, 0.6) is 0 Å². The number of nitrogens with zero attached hydrogens (tertiary/aromatic N) is 6. The van der Waals surface area contributed by atoms with Crippen LogP contribution < -0.4 is 10.6 Å². The summed E-state index contributed by atoms with van der Waals surface area (Å²) in [6.07, 6.45) is 9.01. The van der Waals surface area contributed by atoms with E-state index in [-0.39, 0.29) is 23.9 Å². The number of imidazole rings is 1. The molecule has 2 N–H and O–H groups in total. The summed E-state index contributed by atoms with van der Waals surface area (Å²) < 4.78 is 7.43. The quantitative estimate of drug-likeness (QED) is 0.452. The van der Waals surface area contributed by atoms with Crippen molar-refractivity contribution in [2.75, 3.05) is 50.0 Å². The Kier molecular flexibility index (Phi) is 6.77. The Morgan fingerprint density at radius 2 is 1.76 bits per heavy atom. The normalized spacial score (nSPS) is 25.9. The van der Waals surface area contributed by atoms with Gasteiger partial charge < -0.3 is 29.7 Å². The zero-order valence-corrected chi connectivity index (χ0v) is 26.8. The molecule has 1 saturated carbocycles. The second-order valence-corrected chi connectivity index (χ2v) is 14.7. The van der Waals surface area contributed by atoms with E-state index in [4.69, 9.17) is 15.5 Å². The third-order valence-electron chi connectivity index (χ3n) is 11.5. The zero-order chi connectivity index (χ0) is 31.1. The molecule has 3 saturated heterocycles. The lowest BCUT2D eigenvalue weighted by Crippen LogP contribution is -2.59. The number of anilines is 2. The lowest BCUT2D eigenvalue weighted by Gasteiger charge is -2.48. The maximum Gasteiger partial charge on any atom is 0.238 e. The molecule has 10 heteroatoms. The van der Waals surface area contributed by atoms with Gasteiger partial charge in [-0.15, -0.1) is 0 Å². The minimum absolute atomic E-state index is 0.156. The number of nitrogens with two attached hydrogens (primary N) is 1. The fraction of sp³-hybridized carbons (Fsp3) is 0.600. The standard InChI is InChI=1S/C35H45N7O3/c1-22(2)41-21-37-28-18-27(38-31(36)30(28)41)23-7-8-26-29(15-23)42(25-16-24(17-25)39-11-5-4-6-12-39)33(44)35(26)9-13-40(14-10-35)32(43)34(3)19-45-20-34/h7-8,15,18,21-22,24-25H,4-6,9-14,16-17,19-20H2,1-3H3,(H2,36,38). The molecule has 3 aromatic rings. The van der Waals surface area contributed by atoms with Gasteiger partial charge in [-0.1, -0.05) is 18.6 Å². The number of piperidine rings is 2. The van der Waals surface area contributed by atoms with E-state index in [1.54, 1.807) is 0 Å². The molecule has 4 fully saturated rings. The Labute approximate surface area is 264 Å². The highest BCUT2D eigenvalue weighted by Gasteiger charge is 2.56. The fourth-order valence-corrected chi connectivity index (χ4v) is 8.58. The van der Waals surface area contributed by atoms with Gasteiger partial charge in [0.15, 0.2) is 0 Å². The number of ether oxygens (including phenoxy) is 1. The van der Waals surface area contributed by atoms with Gasteiger partial charge in [0.05, 0.1) is 41.6 Å². The van der Waals surface area contributed by atoms with Gasteiger partial charge in [0.1, 0.15) is 11.3 Å². The number of aromatic nitrogens is 3. The Morgan fingerprint density at radius 1 is 1.02 bits per heavy atom. The van der Waals surface area contributed by atoms with Crippen LogP contribution in [0.4, 0.5) is 11.5 Å². The van der Waals surface area contributed by atoms with E-state index in [0.717, 1.165) is 46.4 Å². The molecule has 45 heavy (non-hydrogen) atoms. The van der Waals surface area contributed by atoms with Gasteiger partial charge >= 0.3 is 0 Å². The second-order valence-electron chi connectivity index (χ2n) is 14.7. The summed E-state index contributed by atoms with van der Waals surface area (Å²) >= 11 is 0. The number of rotatable bonds is 5. The summed E-state index contributed by atoms with van der Waals surface area (Å²) in [6, 6.07) is 9.37. The van der Waals surface area contributed by atoms with Crippen molar-refractivity contribution in [3.05, 3.63) is 36.2 Å². The lowest BCUT2D eigenvalue weighted by molar-refractivity contribution is -0.170. The van der Waals surface area contributed by atoms with E-state index in [9.17, 15) is 9.59 Å². The molecule has 0 radical (unpaired) electrons. The van der Waals surface area contributed by atoms with Gasteiger partial charge in [0.25, 0.3) is 0 Å². The first kappa shape index (κ1) is 28.9. The number of nitrogen functional groups attached to an aromatic ring is 1. The average molecular weight is 612 g/mol. The Hall–Kier alpha value is -3.50. The largest absolute Gasteiger partial charge is 0.382 e. The number of amides is 2. The van der Waals surface area contributed by atoms with E-state index in [0.29, 0.717) is 51.0 Å². The third kappa shape index (κ3) is 4.42. The van der Waals surface area contributed by atoms with Crippen LogP contribution in [0.3, 0.4) is 0 Å². The Morgan fingerprint density at radius 3 is 2.42 bits per heavy atom. The van der Waals surface area contributed by atoms with Crippen LogP contribution in [0.2, 0.25) is 0 Å². The van der Waals surface area contributed by atoms with Crippen molar-refractivity contribution >= 4 is 34.4 Å². The van der Waals surface area contributed by atoms with Crippen LogP contribution in [0.1, 0.15) is 77.3 Å². The molecule has 5 aliphatic rings. The number of carbonyl (C=O) groups excluding carboxylic acids is 2. The lowest BCUT2D eigenvalue weighted by atomic mass is 9.72. The maximum atomic E-state index is 14.7. The number of pyridine rings is 1. The molecule has 0 atom stereocenters. The Bertz CT molecular complexity index is 1660. The summed E-state index contributed by atoms with van der Waals surface area (Å²) in [7, 11) is 0. The van der Waals surface area contributed by atoms with Crippen molar-refractivity contribution in [1.29, 1.82) is 0 Å². The van der Waals surface area contributed by atoms with Crippen molar-refractivity contribution in [1.82, 2.24) is 24.3 Å². The van der Waals surface area contributed by atoms with E-state index in [1.165, 1.54) is 32.4 Å². The van der Waals surface area contributed by atoms with Gasteiger partial charge in [-0.05, 0) is 90.1 Å². The minimum Gasteiger partial charge on any atom is -0.382 e. The monoisotopic (exact) mass is 611 g/mol. The molecule has 2 amide bonds. The van der Waals surface area contributed by atoms with Crippen LogP contribution >= 0.6 is 0 Å². The Balaban J connectivity index is 1.13. The first-order valence-corrected chi connectivity index (χ1v) is 16.9. The smallest absolute Gasteiger partial charge is 0.238 e. The summed E-state index contributed by atoms with van der Waals surface area (Å²) in [6.45, 7) is 10.7. The third-order valence-corrected chi connectivity index (χ3v) is 11.5. The highest BCUT2D eigenvalue weighted by Crippen LogP contribution is 2.52. The molecule has 1 spiro atoms. The van der Waals surface area contributed by atoms with Crippen LogP contribution in [0.15, 0.2) is 30.6 Å². The van der Waals surface area contributed by atoms with Gasteiger partial charge in [-0.2, -0.15) is 0 Å². The predicted molar refractivity (Wildman–Crippen MR) is 174 cm³/mol. The molecular weight excluding hydrogens is 566 g/mol. The molecule has 6 heterocycles. The van der Waals surface area contributed by atoms with Crippen molar-refractivity contribution in [2.24, 2.45) is 5.41 Å². The van der Waals surface area contributed by atoms with E-state index < -0.39 is 10.8 Å². The van der Waals surface area contributed by atoms with Gasteiger partial charge in [-0.3, -0.25) is 9.59 Å². The predicted octanol–water partition coefficient (Wildman–Crippen LogP) is 4.52. The minimum atomic E-state index is -0.607. The average Bonchev–Trinajstić information content (AvgIpc) is 3.54. The van der Waals surface area contributed by atoms with Crippen LogP contribution in [-0.4, -0.2) is 87.6 Å². The van der Waals surface area contributed by atoms with Crippen molar-refractivity contribution in [2.45, 2.75) is 89.3 Å². The van der Waals surface area contributed by atoms with E-state index in [2.05, 4.69) is 51.4 Å². The van der Waals surface area contributed by atoms with Gasteiger partial charge in [-0.25, -0.2) is 9.97 Å². The summed E-state index contributed by atoms with van der Waals surface area (Å²) in [5.74, 6) is 0.828. The SMILES string of the molecule is CC(C)n1cnc2cc(-c3ccc4c(c3)N(C3CC(N5CCCCC5)C3)C(=O)C43CCN(C(=O)C4(C)COC4)CC3)nc(N)c21. The summed E-state index contributed by atoms with van der Waals surface area (Å²) in [5.41, 5.74) is 11.0. The molecule has 4 aliphatic heterocycles. The first-order chi connectivity index (χ1) is 21.7. The molecule has 0 unspecified atom stereocenters. The molecule has 2 aromatic heterocycles. The molecule has 8 rings (SSSR count). The first-order valence-electron chi connectivity index (χ1n) is 16.9. The van der Waals surface area contributed by atoms with Gasteiger partial charge in [0, 0.05) is 42.5 Å². The fourth-order valence-electron chi connectivity index (χ4n) is 8.58. The maximum absolute atomic E-state index is 14.7. The van der Waals surface area contributed by atoms with Gasteiger partial charge in [0.2, 0.25) is 11.8 Å². The number of hydrogen-bond donors (Lipinski definition) is 1. The highest BCUT2D eigenvalue weighted by atomic mass is 16.5. The molecular formula is C35H45N7O3. The number of benzene rings is 1. The van der Waals surface area contributed by atoms with E-state index in [1.807, 2.05) is 24.2 Å². The molecule has 1 aliphatic carbocycles. The number of carbonyl (C=O) groups is 2. The highest BCUT2D eigenvalue weighted by molar-refractivity contribution is 6.09. The van der Waals surface area contributed by atoms with Crippen LogP contribution in [0, 0.1) is 5.41 Å². The van der Waals surface area contributed by atoms with Crippen molar-refractivity contribution < 1.29 is 14.3 Å². The number of likely N-dealkylation sites (tertiary alicyclic amines) is 2. The van der Waals surface area contributed by atoms with Crippen LogP contribution in [0.25, 0.3) is 22.3 Å². The summed E-state index contributed by atoms with van der Waals surface area (Å²) in [5, 5.41) is 0. The van der Waals surface area contributed by atoms with Crippen molar-refractivity contribution in [3.8, 4) is 11.3 Å². The topological polar surface area (TPSA) is 110 Å². The second kappa shape index (κ2) is 10.5. The van der Waals surface area contributed by atoms with Crippen LogP contribution in [-0.2, 0) is 19.7 Å².